The van der Waals surface area contributed by atoms with Gasteiger partial charge >= 0.3 is 0 Å². The van der Waals surface area contributed by atoms with Crippen molar-refractivity contribution in [1.82, 2.24) is 5.32 Å². The molecular weight excluding hydrogens is 268 g/mol. The van der Waals surface area contributed by atoms with E-state index in [0.29, 0.717) is 0 Å². The van der Waals surface area contributed by atoms with E-state index in [1.54, 1.807) is 0 Å². The van der Waals surface area contributed by atoms with Gasteiger partial charge in [0.25, 0.3) is 0 Å². The van der Waals surface area contributed by atoms with Crippen molar-refractivity contribution in [3.05, 3.63) is 29.8 Å². The first-order valence-corrected chi connectivity index (χ1v) is 8.48. The molecule has 3 N–H and O–H groups in total. The van der Waals surface area contributed by atoms with Crippen molar-refractivity contribution in [3.63, 3.8) is 0 Å². The van der Waals surface area contributed by atoms with Gasteiger partial charge in [0.2, 0.25) is 5.91 Å². The van der Waals surface area contributed by atoms with Gasteiger partial charge in [-0.2, -0.15) is 11.8 Å². The van der Waals surface area contributed by atoms with Crippen LogP contribution in [0.25, 0.3) is 0 Å². The maximum atomic E-state index is 12.5. The molecule has 0 bridgehead atoms. The Hall–Kier alpha value is -1.16. The molecule has 0 saturated heterocycles. The van der Waals surface area contributed by atoms with Crippen LogP contribution in [-0.2, 0) is 10.2 Å². The Morgan fingerprint density at radius 1 is 1.40 bits per heavy atom. The molecule has 4 heteroatoms. The SMILES string of the molecule is CCSCCC(C)NC(=O)C1(c2ccc(N)cc2)CC1. The van der Waals surface area contributed by atoms with Gasteiger partial charge in [0.1, 0.15) is 0 Å². The molecule has 0 spiro atoms. The van der Waals surface area contributed by atoms with Crippen LogP contribution in [0.1, 0.15) is 38.7 Å². The fourth-order valence-corrected chi connectivity index (χ4v) is 3.22. The minimum absolute atomic E-state index is 0.177. The van der Waals surface area contributed by atoms with Gasteiger partial charge in [0, 0.05) is 11.7 Å². The summed E-state index contributed by atoms with van der Waals surface area (Å²) >= 11 is 1.92. The van der Waals surface area contributed by atoms with E-state index >= 15 is 0 Å². The zero-order chi connectivity index (χ0) is 14.6. The lowest BCUT2D eigenvalue weighted by Crippen LogP contribution is -2.40. The van der Waals surface area contributed by atoms with Gasteiger partial charge in [-0.05, 0) is 55.4 Å². The molecule has 1 amide bonds. The van der Waals surface area contributed by atoms with E-state index < -0.39 is 0 Å². The Labute approximate surface area is 125 Å². The molecule has 0 heterocycles. The number of hydrogen-bond acceptors (Lipinski definition) is 3. The largest absolute Gasteiger partial charge is 0.399 e. The highest BCUT2D eigenvalue weighted by atomic mass is 32.2. The number of anilines is 1. The number of thioether (sulfide) groups is 1. The van der Waals surface area contributed by atoms with E-state index in [2.05, 4.69) is 19.2 Å². The van der Waals surface area contributed by atoms with Gasteiger partial charge in [0.15, 0.2) is 0 Å². The van der Waals surface area contributed by atoms with Crippen molar-refractivity contribution in [1.29, 1.82) is 0 Å². The van der Waals surface area contributed by atoms with Crippen molar-refractivity contribution in [2.45, 2.75) is 44.6 Å². The average molecular weight is 292 g/mol. The van der Waals surface area contributed by atoms with Crippen LogP contribution >= 0.6 is 11.8 Å². The first-order chi connectivity index (χ1) is 9.58. The van der Waals surface area contributed by atoms with Crippen LogP contribution in [0.4, 0.5) is 5.69 Å². The van der Waals surface area contributed by atoms with E-state index in [0.717, 1.165) is 42.0 Å². The van der Waals surface area contributed by atoms with E-state index in [-0.39, 0.29) is 17.4 Å². The molecule has 1 saturated carbocycles. The van der Waals surface area contributed by atoms with E-state index in [9.17, 15) is 4.79 Å². The summed E-state index contributed by atoms with van der Waals surface area (Å²) in [6.07, 6.45) is 2.92. The second kappa shape index (κ2) is 6.53. The summed E-state index contributed by atoms with van der Waals surface area (Å²) < 4.78 is 0. The number of nitrogens with one attached hydrogen (secondary N) is 1. The third kappa shape index (κ3) is 3.48. The van der Waals surface area contributed by atoms with Crippen LogP contribution in [-0.4, -0.2) is 23.5 Å². The minimum atomic E-state index is -0.292. The quantitative estimate of drug-likeness (QED) is 0.600. The van der Waals surface area contributed by atoms with Gasteiger partial charge in [-0.25, -0.2) is 0 Å². The van der Waals surface area contributed by atoms with Crippen LogP contribution in [0.2, 0.25) is 0 Å². The number of carbonyl (C=O) groups excluding carboxylic acids is 1. The van der Waals surface area contributed by atoms with E-state index in [1.807, 2.05) is 36.0 Å². The molecule has 0 aromatic heterocycles. The monoisotopic (exact) mass is 292 g/mol. The number of carbonyl (C=O) groups is 1. The first kappa shape index (κ1) is 15.2. The predicted octanol–water partition coefficient (Wildman–Crippen LogP) is 2.95. The van der Waals surface area contributed by atoms with Crippen molar-refractivity contribution in [2.24, 2.45) is 0 Å². The number of benzene rings is 1. The van der Waals surface area contributed by atoms with Gasteiger partial charge in [-0.15, -0.1) is 0 Å². The number of rotatable bonds is 7. The molecule has 1 unspecified atom stereocenters. The highest BCUT2D eigenvalue weighted by molar-refractivity contribution is 7.99. The lowest BCUT2D eigenvalue weighted by atomic mass is 9.94. The average Bonchev–Trinajstić information content (AvgIpc) is 3.21. The van der Waals surface area contributed by atoms with Gasteiger partial charge in [-0.1, -0.05) is 19.1 Å². The molecule has 1 aromatic rings. The second-order valence-corrected chi connectivity index (χ2v) is 6.96. The molecule has 1 aliphatic carbocycles. The maximum absolute atomic E-state index is 12.5. The minimum Gasteiger partial charge on any atom is -0.399 e. The zero-order valence-electron chi connectivity index (χ0n) is 12.3. The van der Waals surface area contributed by atoms with Crippen LogP contribution < -0.4 is 11.1 Å². The van der Waals surface area contributed by atoms with Crippen molar-refractivity contribution < 1.29 is 4.79 Å². The summed E-state index contributed by atoms with van der Waals surface area (Å²) in [4.78, 5) is 12.5. The predicted molar refractivity (Wildman–Crippen MR) is 87.0 cm³/mol. The highest BCUT2D eigenvalue weighted by Crippen LogP contribution is 2.48. The summed E-state index contributed by atoms with van der Waals surface area (Å²) in [6.45, 7) is 4.25. The summed E-state index contributed by atoms with van der Waals surface area (Å²) in [5, 5.41) is 3.17. The van der Waals surface area contributed by atoms with Crippen molar-refractivity contribution in [3.8, 4) is 0 Å². The number of hydrogen-bond donors (Lipinski definition) is 2. The van der Waals surface area contributed by atoms with Crippen LogP contribution in [0, 0.1) is 0 Å². The third-order valence-electron chi connectivity index (χ3n) is 3.92. The zero-order valence-corrected chi connectivity index (χ0v) is 13.1. The summed E-state index contributed by atoms with van der Waals surface area (Å²) in [5.74, 6) is 2.42. The van der Waals surface area contributed by atoms with Crippen LogP contribution in [0.5, 0.6) is 0 Å². The standard InChI is InChI=1S/C16H24N2OS/c1-3-20-11-8-12(2)18-15(19)16(9-10-16)13-4-6-14(17)7-5-13/h4-7,12H,3,8-11,17H2,1-2H3,(H,18,19). The normalized spacial score (nSPS) is 17.5. The Morgan fingerprint density at radius 3 is 2.60 bits per heavy atom. The molecule has 1 atom stereocenters. The number of nitrogens with two attached hydrogens (primary N) is 1. The molecule has 20 heavy (non-hydrogen) atoms. The molecule has 110 valence electrons. The molecule has 3 nitrogen and oxygen atoms in total. The Bertz CT molecular complexity index is 454. The Morgan fingerprint density at radius 2 is 2.05 bits per heavy atom. The van der Waals surface area contributed by atoms with Gasteiger partial charge in [0.05, 0.1) is 5.41 Å². The maximum Gasteiger partial charge on any atom is 0.230 e. The molecule has 0 radical (unpaired) electrons. The molecule has 2 rings (SSSR count). The van der Waals surface area contributed by atoms with Crippen molar-refractivity contribution >= 4 is 23.4 Å². The highest BCUT2D eigenvalue weighted by Gasteiger charge is 2.51. The van der Waals surface area contributed by atoms with Gasteiger partial charge < -0.3 is 11.1 Å². The van der Waals surface area contributed by atoms with Crippen LogP contribution in [0.15, 0.2) is 24.3 Å². The first-order valence-electron chi connectivity index (χ1n) is 7.33. The number of amides is 1. The Balaban J connectivity index is 1.93. The van der Waals surface area contributed by atoms with E-state index in [1.165, 1.54) is 0 Å². The second-order valence-electron chi connectivity index (χ2n) is 5.56. The molecule has 1 aromatic carbocycles. The summed E-state index contributed by atoms with van der Waals surface area (Å²) in [5.41, 5.74) is 7.26. The molecule has 1 aliphatic rings. The molecule has 1 fully saturated rings. The number of nitrogen functional groups attached to an aromatic ring is 1. The lowest BCUT2D eigenvalue weighted by Gasteiger charge is -2.20. The van der Waals surface area contributed by atoms with E-state index in [4.69, 9.17) is 5.73 Å². The Kier molecular flexibility index (Phi) is 4.97. The fraction of sp³-hybridized carbons (Fsp3) is 0.562. The third-order valence-corrected chi connectivity index (χ3v) is 4.86. The topological polar surface area (TPSA) is 55.1 Å². The lowest BCUT2D eigenvalue weighted by molar-refractivity contribution is -0.124. The van der Waals surface area contributed by atoms with Gasteiger partial charge in [-0.3, -0.25) is 4.79 Å². The van der Waals surface area contributed by atoms with Crippen molar-refractivity contribution in [2.75, 3.05) is 17.2 Å². The molecule has 0 aliphatic heterocycles. The fourth-order valence-electron chi connectivity index (χ4n) is 2.41. The smallest absolute Gasteiger partial charge is 0.230 e. The summed E-state index contributed by atoms with van der Waals surface area (Å²) in [6, 6.07) is 7.97. The van der Waals surface area contributed by atoms with Crippen LogP contribution in [0.3, 0.4) is 0 Å². The summed E-state index contributed by atoms with van der Waals surface area (Å²) in [7, 11) is 0. The molecular formula is C16H24N2OS.